The first kappa shape index (κ1) is 23.6. The maximum Gasteiger partial charge on any atom is 0.335 e. The summed E-state index contributed by atoms with van der Waals surface area (Å²) in [6, 6.07) is 11.5. The lowest BCUT2D eigenvalue weighted by molar-refractivity contribution is -0.129. The molecule has 160 valence electrons. The van der Waals surface area contributed by atoms with E-state index in [0.717, 1.165) is 34.4 Å². The second kappa shape index (κ2) is 10.4. The van der Waals surface area contributed by atoms with Crippen LogP contribution in [0.15, 0.2) is 87.0 Å². The van der Waals surface area contributed by atoms with Crippen molar-refractivity contribution in [1.82, 2.24) is 0 Å². The van der Waals surface area contributed by atoms with Gasteiger partial charge in [-0.1, -0.05) is 63.4 Å². The Hall–Kier alpha value is -3.66. The number of hydrogen-bond donors (Lipinski definition) is 0. The van der Waals surface area contributed by atoms with Gasteiger partial charge in [-0.3, -0.25) is 0 Å². The van der Waals surface area contributed by atoms with Crippen LogP contribution in [0, 0.1) is 0 Å². The topological polar surface area (TPSA) is 52.6 Å². The molecule has 0 aliphatic carbocycles. The van der Waals surface area contributed by atoms with Gasteiger partial charge >= 0.3 is 11.9 Å². The van der Waals surface area contributed by atoms with Crippen molar-refractivity contribution in [3.8, 4) is 11.5 Å². The van der Waals surface area contributed by atoms with Crippen LogP contribution in [0.5, 0.6) is 11.5 Å². The van der Waals surface area contributed by atoms with Crippen LogP contribution < -0.4 is 9.47 Å². The van der Waals surface area contributed by atoms with Gasteiger partial charge in [-0.15, -0.1) is 13.2 Å². The number of allylic oxidation sites excluding steroid dienone is 2. The van der Waals surface area contributed by atoms with Gasteiger partial charge in [0.1, 0.15) is 11.5 Å². The van der Waals surface area contributed by atoms with E-state index < -0.39 is 11.9 Å². The highest BCUT2D eigenvalue weighted by molar-refractivity contribution is 5.84. The lowest BCUT2D eigenvalue weighted by Gasteiger charge is -2.28. The summed E-state index contributed by atoms with van der Waals surface area (Å²) in [4.78, 5) is 23.3. The molecule has 0 spiro atoms. The Morgan fingerprint density at radius 3 is 1.48 bits per heavy atom. The summed E-state index contributed by atoms with van der Waals surface area (Å²) in [5, 5.41) is 0. The number of rotatable bonds is 10. The Kier molecular flexibility index (Phi) is 7.92. The van der Waals surface area contributed by atoms with Crippen LogP contribution in [-0.4, -0.2) is 11.9 Å². The van der Waals surface area contributed by atoms with Crippen molar-refractivity contribution >= 4 is 11.9 Å². The van der Waals surface area contributed by atoms with Gasteiger partial charge in [-0.05, 0) is 47.2 Å². The van der Waals surface area contributed by atoms with Crippen molar-refractivity contribution in [2.75, 3.05) is 0 Å². The molecular weight excluding hydrogens is 388 g/mol. The molecule has 0 heterocycles. The van der Waals surface area contributed by atoms with E-state index in [-0.39, 0.29) is 5.41 Å². The summed E-state index contributed by atoms with van der Waals surface area (Å²) >= 11 is 0. The fourth-order valence-corrected chi connectivity index (χ4v) is 3.23. The minimum Gasteiger partial charge on any atom is -0.423 e. The van der Waals surface area contributed by atoms with Crippen molar-refractivity contribution in [3.63, 3.8) is 0 Å². The molecule has 2 aromatic carbocycles. The quantitative estimate of drug-likeness (QED) is 0.217. The molecule has 0 aliphatic rings. The summed E-state index contributed by atoms with van der Waals surface area (Å²) in [6.45, 7) is 18.7. The number of benzene rings is 2. The second-order valence-electron chi connectivity index (χ2n) is 7.51. The molecule has 0 amide bonds. The Labute approximate surface area is 184 Å². The molecule has 0 bridgehead atoms. The van der Waals surface area contributed by atoms with Crippen molar-refractivity contribution in [1.29, 1.82) is 0 Å². The SMILES string of the molecule is C=CCc1cc(C(C)(C)c2ccc(OC(=O)C=C)c(CC=C)c2)ccc1OC(=O)C=C. The molecule has 0 aromatic heterocycles. The van der Waals surface area contributed by atoms with Gasteiger partial charge in [0.15, 0.2) is 0 Å². The van der Waals surface area contributed by atoms with E-state index in [9.17, 15) is 9.59 Å². The molecule has 4 heteroatoms. The van der Waals surface area contributed by atoms with E-state index in [1.807, 2.05) is 24.3 Å². The first-order valence-corrected chi connectivity index (χ1v) is 9.93. The zero-order chi connectivity index (χ0) is 23.0. The highest BCUT2D eigenvalue weighted by Gasteiger charge is 2.25. The smallest absolute Gasteiger partial charge is 0.335 e. The number of carbonyl (C=O) groups excluding carboxylic acids is 2. The maximum atomic E-state index is 11.7. The van der Waals surface area contributed by atoms with E-state index in [0.29, 0.717) is 24.3 Å². The van der Waals surface area contributed by atoms with Gasteiger partial charge in [0.05, 0.1) is 0 Å². The van der Waals surface area contributed by atoms with Crippen molar-refractivity contribution in [2.24, 2.45) is 0 Å². The van der Waals surface area contributed by atoms with E-state index >= 15 is 0 Å². The normalized spacial score (nSPS) is 10.6. The average Bonchev–Trinajstić information content (AvgIpc) is 2.76. The van der Waals surface area contributed by atoms with E-state index in [2.05, 4.69) is 40.2 Å². The molecule has 0 N–H and O–H groups in total. The van der Waals surface area contributed by atoms with Crippen molar-refractivity contribution < 1.29 is 19.1 Å². The largest absolute Gasteiger partial charge is 0.423 e. The molecule has 2 aromatic rings. The first-order chi connectivity index (χ1) is 14.8. The zero-order valence-corrected chi connectivity index (χ0v) is 18.1. The van der Waals surface area contributed by atoms with Gasteiger partial charge in [0.2, 0.25) is 0 Å². The molecule has 0 aliphatic heterocycles. The summed E-state index contributed by atoms with van der Waals surface area (Å²) in [6.07, 6.45) is 6.92. The van der Waals surface area contributed by atoms with Crippen LogP contribution in [0.25, 0.3) is 0 Å². The molecule has 0 radical (unpaired) electrons. The van der Waals surface area contributed by atoms with Gasteiger partial charge in [0, 0.05) is 17.6 Å². The van der Waals surface area contributed by atoms with Crippen LogP contribution in [0.3, 0.4) is 0 Å². The molecule has 0 saturated carbocycles. The molecule has 4 nitrogen and oxygen atoms in total. The first-order valence-electron chi connectivity index (χ1n) is 9.93. The Bertz CT molecular complexity index is 946. The lowest BCUT2D eigenvalue weighted by Crippen LogP contribution is -2.20. The minimum absolute atomic E-state index is 0.367. The number of ether oxygens (including phenoxy) is 2. The van der Waals surface area contributed by atoms with E-state index in [1.54, 1.807) is 24.3 Å². The molecule has 0 atom stereocenters. The fraction of sp³-hybridized carbons (Fsp3) is 0.185. The average molecular weight is 417 g/mol. The molecule has 2 rings (SSSR count). The fourth-order valence-electron chi connectivity index (χ4n) is 3.23. The summed E-state index contributed by atoms with van der Waals surface area (Å²) in [5.74, 6) is -0.0288. The van der Waals surface area contributed by atoms with Crippen molar-refractivity contribution in [2.45, 2.75) is 32.1 Å². The molecular formula is C27H28O4. The maximum absolute atomic E-state index is 11.7. The summed E-state index contributed by atoms with van der Waals surface area (Å²) in [5.41, 5.74) is 3.44. The van der Waals surface area contributed by atoms with E-state index in [1.165, 1.54) is 0 Å². The summed E-state index contributed by atoms with van der Waals surface area (Å²) in [7, 11) is 0. The summed E-state index contributed by atoms with van der Waals surface area (Å²) < 4.78 is 10.7. The van der Waals surface area contributed by atoms with Crippen LogP contribution in [0.1, 0.15) is 36.1 Å². The van der Waals surface area contributed by atoms with Crippen molar-refractivity contribution in [3.05, 3.63) is 109 Å². The second-order valence-corrected chi connectivity index (χ2v) is 7.51. The lowest BCUT2D eigenvalue weighted by atomic mass is 9.77. The molecule has 0 unspecified atom stereocenters. The highest BCUT2D eigenvalue weighted by Crippen LogP contribution is 2.36. The molecule has 0 saturated heterocycles. The highest BCUT2D eigenvalue weighted by atomic mass is 16.5. The van der Waals surface area contributed by atoms with Gasteiger partial charge in [-0.25, -0.2) is 9.59 Å². The third-order valence-corrected chi connectivity index (χ3v) is 5.05. The Morgan fingerprint density at radius 2 is 1.16 bits per heavy atom. The monoisotopic (exact) mass is 416 g/mol. The van der Waals surface area contributed by atoms with Gasteiger partial charge in [-0.2, -0.15) is 0 Å². The predicted molar refractivity (Wildman–Crippen MR) is 124 cm³/mol. The van der Waals surface area contributed by atoms with Crippen LogP contribution in [-0.2, 0) is 27.8 Å². The number of hydrogen-bond acceptors (Lipinski definition) is 4. The molecule has 0 fully saturated rings. The number of carbonyl (C=O) groups is 2. The third kappa shape index (κ3) is 5.70. The number of esters is 2. The predicted octanol–water partition coefficient (Wildman–Crippen LogP) is 5.65. The zero-order valence-electron chi connectivity index (χ0n) is 18.1. The van der Waals surface area contributed by atoms with Gasteiger partial charge < -0.3 is 9.47 Å². The van der Waals surface area contributed by atoms with Crippen LogP contribution >= 0.6 is 0 Å². The standard InChI is InChI=1S/C27H28O4/c1-7-11-19-17-21(13-15-23(19)30-25(28)9-3)27(5,6)22-14-16-24(31-26(29)10-4)20(18-22)12-8-2/h7-10,13-18H,1-4,11-12H2,5-6H3. The van der Waals surface area contributed by atoms with Crippen LogP contribution in [0.2, 0.25) is 0 Å². The molecule has 31 heavy (non-hydrogen) atoms. The third-order valence-electron chi connectivity index (χ3n) is 5.05. The van der Waals surface area contributed by atoms with E-state index in [4.69, 9.17) is 9.47 Å². The van der Waals surface area contributed by atoms with Gasteiger partial charge in [0.25, 0.3) is 0 Å². The Balaban J connectivity index is 2.49. The Morgan fingerprint density at radius 1 is 0.774 bits per heavy atom. The van der Waals surface area contributed by atoms with Crippen LogP contribution in [0.4, 0.5) is 0 Å². The minimum atomic E-state index is -0.504.